The van der Waals surface area contributed by atoms with Gasteiger partial charge in [-0.25, -0.2) is 4.39 Å². The van der Waals surface area contributed by atoms with Gasteiger partial charge in [0.05, 0.1) is 12.8 Å². The summed E-state index contributed by atoms with van der Waals surface area (Å²) in [5.41, 5.74) is 0.799. The Morgan fingerprint density at radius 2 is 2.12 bits per heavy atom. The van der Waals surface area contributed by atoms with Crippen LogP contribution in [0.4, 0.5) is 10.1 Å². The maximum atomic E-state index is 12.9. The molecule has 1 aromatic carbocycles. The lowest BCUT2D eigenvalue weighted by atomic mass is 10.2. The van der Waals surface area contributed by atoms with Crippen molar-refractivity contribution < 1.29 is 13.9 Å². The molecule has 0 aliphatic carbocycles. The molecule has 0 bridgehead atoms. The van der Waals surface area contributed by atoms with Gasteiger partial charge in [-0.3, -0.25) is 0 Å². The van der Waals surface area contributed by atoms with E-state index in [0.29, 0.717) is 12.4 Å². The molecule has 16 heavy (non-hydrogen) atoms. The molecule has 4 heteroatoms. The van der Waals surface area contributed by atoms with Gasteiger partial charge in [-0.15, -0.1) is 0 Å². The Hall–Kier alpha value is -1.29. The quantitative estimate of drug-likeness (QED) is 0.810. The minimum atomic E-state index is -0.299. The van der Waals surface area contributed by atoms with E-state index in [4.69, 9.17) is 9.47 Å². The fourth-order valence-electron chi connectivity index (χ4n) is 1.42. The van der Waals surface area contributed by atoms with E-state index in [0.717, 1.165) is 12.1 Å². The average molecular weight is 227 g/mol. The third-order valence-electron chi connectivity index (χ3n) is 2.32. The van der Waals surface area contributed by atoms with Gasteiger partial charge in [0.15, 0.2) is 0 Å². The Kier molecular flexibility index (Phi) is 5.05. The first-order chi connectivity index (χ1) is 7.67. The van der Waals surface area contributed by atoms with Gasteiger partial charge in [0, 0.05) is 25.8 Å². The summed E-state index contributed by atoms with van der Waals surface area (Å²) in [5, 5.41) is 3.25. The number of halogens is 1. The first-order valence-electron chi connectivity index (χ1n) is 5.26. The smallest absolute Gasteiger partial charge is 0.144 e. The summed E-state index contributed by atoms with van der Waals surface area (Å²) in [4.78, 5) is 0. The monoisotopic (exact) mass is 227 g/mol. The normalized spacial score (nSPS) is 12.2. The Morgan fingerprint density at radius 3 is 2.75 bits per heavy atom. The third kappa shape index (κ3) is 3.70. The highest BCUT2D eigenvalue weighted by Crippen LogP contribution is 2.25. The predicted molar refractivity (Wildman–Crippen MR) is 62.5 cm³/mol. The van der Waals surface area contributed by atoms with Crippen LogP contribution in [-0.2, 0) is 4.74 Å². The first kappa shape index (κ1) is 12.8. The van der Waals surface area contributed by atoms with Crippen LogP contribution in [0.1, 0.15) is 13.3 Å². The lowest BCUT2D eigenvalue weighted by Gasteiger charge is -2.17. The molecule has 1 unspecified atom stereocenters. The molecule has 0 heterocycles. The average Bonchev–Trinajstić information content (AvgIpc) is 2.28. The molecule has 0 radical (unpaired) electrons. The molecule has 1 N–H and O–H groups in total. The number of rotatable bonds is 6. The molecule has 0 fully saturated rings. The Morgan fingerprint density at radius 1 is 1.38 bits per heavy atom. The summed E-state index contributed by atoms with van der Waals surface area (Å²) in [6.45, 7) is 2.74. The van der Waals surface area contributed by atoms with Crippen LogP contribution in [0, 0.1) is 5.82 Å². The van der Waals surface area contributed by atoms with Crippen LogP contribution in [0.15, 0.2) is 18.2 Å². The Balaban J connectivity index is 2.65. The number of hydrogen-bond donors (Lipinski definition) is 1. The number of methoxy groups -OCH3 is 2. The lowest BCUT2D eigenvalue weighted by molar-refractivity contribution is 0.191. The minimum Gasteiger partial charge on any atom is -0.494 e. The summed E-state index contributed by atoms with van der Waals surface area (Å²) in [6, 6.07) is 4.70. The predicted octanol–water partition coefficient (Wildman–Crippen LogP) is 2.67. The Bertz CT molecular complexity index is 331. The number of hydrogen-bond acceptors (Lipinski definition) is 3. The van der Waals surface area contributed by atoms with Crippen molar-refractivity contribution in [1.29, 1.82) is 0 Å². The van der Waals surface area contributed by atoms with E-state index in [2.05, 4.69) is 5.32 Å². The third-order valence-corrected chi connectivity index (χ3v) is 2.32. The molecular weight excluding hydrogens is 209 g/mol. The first-order valence-corrected chi connectivity index (χ1v) is 5.26. The zero-order chi connectivity index (χ0) is 12.0. The van der Waals surface area contributed by atoms with Crippen LogP contribution in [0.25, 0.3) is 0 Å². The molecule has 0 saturated carbocycles. The fraction of sp³-hybridized carbons (Fsp3) is 0.500. The maximum Gasteiger partial charge on any atom is 0.144 e. The molecule has 1 aromatic rings. The summed E-state index contributed by atoms with van der Waals surface area (Å²) in [7, 11) is 3.20. The molecule has 90 valence electrons. The molecule has 1 atom stereocenters. The highest BCUT2D eigenvalue weighted by Gasteiger charge is 2.07. The number of ether oxygens (including phenoxy) is 2. The molecule has 0 spiro atoms. The summed E-state index contributed by atoms with van der Waals surface area (Å²) in [6.07, 6.45) is 0.886. The van der Waals surface area contributed by atoms with Crippen molar-refractivity contribution >= 4 is 5.69 Å². The van der Waals surface area contributed by atoms with Crippen molar-refractivity contribution in [2.24, 2.45) is 0 Å². The van der Waals surface area contributed by atoms with Gasteiger partial charge in [0.1, 0.15) is 11.6 Å². The topological polar surface area (TPSA) is 30.5 Å². The largest absolute Gasteiger partial charge is 0.494 e. The van der Waals surface area contributed by atoms with Gasteiger partial charge in [-0.05, 0) is 25.5 Å². The van der Waals surface area contributed by atoms with E-state index >= 15 is 0 Å². The summed E-state index contributed by atoms with van der Waals surface area (Å²) in [5.74, 6) is 0.219. The van der Waals surface area contributed by atoms with Crippen LogP contribution in [0.5, 0.6) is 5.75 Å². The van der Waals surface area contributed by atoms with Crippen molar-refractivity contribution in [2.45, 2.75) is 19.4 Å². The molecule has 0 aliphatic rings. The molecule has 0 aromatic heterocycles. The molecule has 0 aliphatic heterocycles. The van der Waals surface area contributed by atoms with Gasteiger partial charge in [-0.1, -0.05) is 0 Å². The van der Waals surface area contributed by atoms with Crippen molar-refractivity contribution in [3.8, 4) is 5.75 Å². The second-order valence-electron chi connectivity index (χ2n) is 3.67. The summed E-state index contributed by atoms with van der Waals surface area (Å²) < 4.78 is 23.0. The number of benzene rings is 1. The van der Waals surface area contributed by atoms with E-state index in [1.165, 1.54) is 19.2 Å². The van der Waals surface area contributed by atoms with E-state index in [1.54, 1.807) is 13.2 Å². The van der Waals surface area contributed by atoms with Gasteiger partial charge in [0.2, 0.25) is 0 Å². The molecule has 1 rings (SSSR count). The highest BCUT2D eigenvalue weighted by molar-refractivity contribution is 5.56. The SMILES string of the molecule is COCCC(C)Nc1ccc(F)cc1OC. The number of anilines is 1. The second-order valence-corrected chi connectivity index (χ2v) is 3.67. The van der Waals surface area contributed by atoms with Crippen molar-refractivity contribution in [2.75, 3.05) is 26.1 Å². The van der Waals surface area contributed by atoms with Gasteiger partial charge in [-0.2, -0.15) is 0 Å². The maximum absolute atomic E-state index is 12.9. The Labute approximate surface area is 95.6 Å². The van der Waals surface area contributed by atoms with Crippen LogP contribution >= 0.6 is 0 Å². The van der Waals surface area contributed by atoms with Crippen molar-refractivity contribution in [3.05, 3.63) is 24.0 Å². The zero-order valence-corrected chi connectivity index (χ0v) is 9.92. The van der Waals surface area contributed by atoms with Crippen LogP contribution in [0.3, 0.4) is 0 Å². The van der Waals surface area contributed by atoms with E-state index in [9.17, 15) is 4.39 Å². The van der Waals surface area contributed by atoms with Crippen LogP contribution in [-0.4, -0.2) is 26.9 Å². The molecule has 0 saturated heterocycles. The van der Waals surface area contributed by atoms with Crippen molar-refractivity contribution in [3.63, 3.8) is 0 Å². The molecular formula is C12H18FNO2. The van der Waals surface area contributed by atoms with E-state index < -0.39 is 0 Å². The minimum absolute atomic E-state index is 0.249. The van der Waals surface area contributed by atoms with Gasteiger partial charge in [0.25, 0.3) is 0 Å². The zero-order valence-electron chi connectivity index (χ0n) is 9.92. The van der Waals surface area contributed by atoms with Crippen LogP contribution in [0.2, 0.25) is 0 Å². The van der Waals surface area contributed by atoms with Gasteiger partial charge >= 0.3 is 0 Å². The molecule has 0 amide bonds. The second kappa shape index (κ2) is 6.33. The number of nitrogens with one attached hydrogen (secondary N) is 1. The lowest BCUT2D eigenvalue weighted by Crippen LogP contribution is -2.17. The fourth-order valence-corrected chi connectivity index (χ4v) is 1.42. The van der Waals surface area contributed by atoms with Crippen molar-refractivity contribution in [1.82, 2.24) is 0 Å². The standard InChI is InChI=1S/C12H18FNO2/c1-9(6-7-15-2)14-11-5-4-10(13)8-12(11)16-3/h4-5,8-9,14H,6-7H2,1-3H3. The highest BCUT2D eigenvalue weighted by atomic mass is 19.1. The van der Waals surface area contributed by atoms with E-state index in [1.807, 2.05) is 6.92 Å². The van der Waals surface area contributed by atoms with E-state index in [-0.39, 0.29) is 11.9 Å². The van der Waals surface area contributed by atoms with Gasteiger partial charge < -0.3 is 14.8 Å². The van der Waals surface area contributed by atoms with Crippen LogP contribution < -0.4 is 10.1 Å². The summed E-state index contributed by atoms with van der Waals surface area (Å²) >= 11 is 0. The molecule has 3 nitrogen and oxygen atoms in total.